The van der Waals surface area contributed by atoms with E-state index < -0.39 is 30.1 Å². The van der Waals surface area contributed by atoms with E-state index in [0.29, 0.717) is 29.3 Å². The number of aliphatic carboxylic acids is 1. The second kappa shape index (κ2) is 10.8. The molecule has 180 valence electrons. The van der Waals surface area contributed by atoms with Gasteiger partial charge in [0.15, 0.2) is 12.2 Å². The summed E-state index contributed by atoms with van der Waals surface area (Å²) >= 11 is 0. The van der Waals surface area contributed by atoms with Crippen molar-refractivity contribution in [2.45, 2.75) is 51.9 Å². The van der Waals surface area contributed by atoms with Crippen LogP contribution in [-0.4, -0.2) is 71.2 Å². The predicted molar refractivity (Wildman–Crippen MR) is 128 cm³/mol. The summed E-state index contributed by atoms with van der Waals surface area (Å²) < 4.78 is 0. The van der Waals surface area contributed by atoms with Crippen molar-refractivity contribution in [1.29, 1.82) is 0 Å². The van der Waals surface area contributed by atoms with E-state index in [0.717, 1.165) is 0 Å². The van der Waals surface area contributed by atoms with Crippen molar-refractivity contribution in [3.63, 3.8) is 0 Å². The normalized spacial score (nSPS) is 19.9. The third kappa shape index (κ3) is 6.33. The van der Waals surface area contributed by atoms with Gasteiger partial charge in [0.25, 0.3) is 11.8 Å². The van der Waals surface area contributed by atoms with Crippen LogP contribution in [0.5, 0.6) is 0 Å². The predicted octanol–water partition coefficient (Wildman–Crippen LogP) is 1.06. The smallest absolute Gasteiger partial charge is 0.326 e. The minimum absolute atomic E-state index is 0.0339. The lowest BCUT2D eigenvalue weighted by molar-refractivity contribution is -0.139. The molecule has 2 aliphatic heterocycles. The summed E-state index contributed by atoms with van der Waals surface area (Å²) in [6, 6.07) is 4.65. The highest BCUT2D eigenvalue weighted by Crippen LogP contribution is 2.15. The van der Waals surface area contributed by atoms with Gasteiger partial charge in [-0.25, -0.2) is 9.79 Å². The first kappa shape index (κ1) is 24.7. The maximum atomic E-state index is 12.5. The summed E-state index contributed by atoms with van der Waals surface area (Å²) in [7, 11) is 0. The van der Waals surface area contributed by atoms with Gasteiger partial charge in [0.05, 0.1) is 12.3 Å². The average Bonchev–Trinajstić information content (AvgIpc) is 2.80. The van der Waals surface area contributed by atoms with Gasteiger partial charge in [-0.2, -0.15) is 0 Å². The van der Waals surface area contributed by atoms with Crippen molar-refractivity contribution >= 4 is 47.0 Å². The van der Waals surface area contributed by atoms with Crippen molar-refractivity contribution in [1.82, 2.24) is 10.6 Å². The summed E-state index contributed by atoms with van der Waals surface area (Å²) in [5, 5.41) is 17.6. The third-order valence-electron chi connectivity index (χ3n) is 5.41. The first-order chi connectivity index (χ1) is 16.1. The van der Waals surface area contributed by atoms with E-state index in [9.17, 15) is 24.3 Å². The fourth-order valence-electron chi connectivity index (χ4n) is 3.40. The molecule has 0 spiro atoms. The van der Waals surface area contributed by atoms with E-state index in [1.807, 2.05) is 0 Å². The first-order valence-electron chi connectivity index (χ1n) is 11.0. The number of nitrogens with one attached hydrogen (secondary N) is 3. The number of carbonyl (C=O) groups is 4. The molecule has 11 nitrogen and oxygen atoms in total. The topological polar surface area (TPSA) is 162 Å². The largest absolute Gasteiger partial charge is 0.480 e. The Morgan fingerprint density at radius 2 is 1.85 bits per heavy atom. The quantitative estimate of drug-likeness (QED) is 0.401. The van der Waals surface area contributed by atoms with E-state index >= 15 is 0 Å². The fourth-order valence-corrected chi connectivity index (χ4v) is 3.40. The Morgan fingerprint density at radius 1 is 1.15 bits per heavy atom. The lowest BCUT2D eigenvalue weighted by Gasteiger charge is -2.26. The van der Waals surface area contributed by atoms with Crippen molar-refractivity contribution < 1.29 is 24.3 Å². The molecule has 2 aliphatic rings. The number of hydrogen-bond donors (Lipinski definition) is 4. The number of amides is 2. The fraction of sp³-hybridized carbons (Fsp3) is 0.435. The molecular formula is C23H28N6O5. The number of fused-ring (bicyclic) bond motifs is 1. The molecule has 2 heterocycles. The van der Waals surface area contributed by atoms with Crippen molar-refractivity contribution in [2.75, 3.05) is 11.9 Å². The molecule has 0 fully saturated rings. The van der Waals surface area contributed by atoms with E-state index in [1.165, 1.54) is 0 Å². The van der Waals surface area contributed by atoms with Crippen molar-refractivity contribution in [3.8, 4) is 0 Å². The highest BCUT2D eigenvalue weighted by Gasteiger charge is 2.33. The molecule has 3 unspecified atom stereocenters. The Balaban J connectivity index is 1.54. The van der Waals surface area contributed by atoms with E-state index in [1.54, 1.807) is 51.3 Å². The van der Waals surface area contributed by atoms with E-state index in [4.69, 9.17) is 0 Å². The molecule has 0 saturated carbocycles. The van der Waals surface area contributed by atoms with Gasteiger partial charge >= 0.3 is 5.97 Å². The zero-order chi connectivity index (χ0) is 24.8. The molecule has 0 saturated heterocycles. The molecule has 1 aromatic carbocycles. The standard InChI is InChI=1S/C23H28N6O5/c1-12(2)18(30)9-8-17(23(33)34)29-21(31)14-4-6-15(7-5-14)24-10-16-11-25-20-19(28-16)22(32)27-13(3)26-20/h4-7,11-12,17,19-20,24H,8-10H2,1-3H3,(H,29,31)(H,33,34)(H,26,27,32). The molecule has 0 bridgehead atoms. The van der Waals surface area contributed by atoms with Crippen LogP contribution in [-0.2, 0) is 14.4 Å². The number of carboxylic acid groups (broad SMARTS) is 1. The number of nitrogens with zero attached hydrogens (tertiary/aromatic N) is 3. The van der Waals surface area contributed by atoms with Crippen LogP contribution in [0, 0.1) is 5.92 Å². The van der Waals surface area contributed by atoms with Crippen LogP contribution in [0.2, 0.25) is 0 Å². The van der Waals surface area contributed by atoms with Crippen LogP contribution in [0.1, 0.15) is 44.0 Å². The van der Waals surface area contributed by atoms with Crippen LogP contribution in [0.3, 0.4) is 0 Å². The van der Waals surface area contributed by atoms with Crippen LogP contribution in [0.25, 0.3) is 0 Å². The Labute approximate surface area is 196 Å². The third-order valence-corrected chi connectivity index (χ3v) is 5.41. The van der Waals surface area contributed by atoms with Gasteiger partial charge in [-0.3, -0.25) is 24.4 Å². The van der Waals surface area contributed by atoms with Crippen molar-refractivity contribution in [2.24, 2.45) is 20.9 Å². The zero-order valence-corrected chi connectivity index (χ0v) is 19.2. The average molecular weight is 469 g/mol. The van der Waals surface area contributed by atoms with Gasteiger partial charge in [0, 0.05) is 29.8 Å². The van der Waals surface area contributed by atoms with Gasteiger partial charge in [-0.15, -0.1) is 0 Å². The first-order valence-corrected chi connectivity index (χ1v) is 11.0. The number of carboxylic acids is 1. The minimum Gasteiger partial charge on any atom is -0.480 e. The van der Waals surface area contributed by atoms with E-state index in [-0.39, 0.29) is 30.4 Å². The molecule has 0 aromatic heterocycles. The number of benzene rings is 1. The highest BCUT2D eigenvalue weighted by atomic mass is 16.4. The molecule has 2 amide bonds. The number of carbonyl (C=O) groups excluding carboxylic acids is 3. The molecule has 3 atom stereocenters. The molecule has 4 N–H and O–H groups in total. The van der Waals surface area contributed by atoms with Gasteiger partial charge in [-0.05, 0) is 37.6 Å². The lowest BCUT2D eigenvalue weighted by atomic mass is 10.0. The number of hydrogen-bond acceptors (Lipinski definition) is 8. The summed E-state index contributed by atoms with van der Waals surface area (Å²) in [6.07, 6.45) is 1.17. The number of amidine groups is 1. The maximum absolute atomic E-state index is 12.5. The monoisotopic (exact) mass is 468 g/mol. The Hall–Kier alpha value is -3.89. The maximum Gasteiger partial charge on any atom is 0.326 e. The summed E-state index contributed by atoms with van der Waals surface area (Å²) in [6.45, 7) is 5.51. The molecule has 3 rings (SSSR count). The van der Waals surface area contributed by atoms with Crippen LogP contribution in [0.15, 0.2) is 39.2 Å². The zero-order valence-electron chi connectivity index (χ0n) is 19.2. The molecule has 1 aromatic rings. The number of Topliss-reactive ketones (excluding diaryl/α,β-unsaturated/α-hetero) is 1. The molecular weight excluding hydrogens is 440 g/mol. The highest BCUT2D eigenvalue weighted by molar-refractivity contribution is 6.33. The number of ketones is 1. The second-order valence-corrected chi connectivity index (χ2v) is 8.42. The minimum atomic E-state index is -1.19. The number of rotatable bonds is 10. The summed E-state index contributed by atoms with van der Waals surface area (Å²) in [4.78, 5) is 60.8. The van der Waals surface area contributed by atoms with Gasteiger partial charge in [0.1, 0.15) is 17.7 Å². The van der Waals surface area contributed by atoms with Gasteiger partial charge in [-0.1, -0.05) is 13.8 Å². The Kier molecular flexibility index (Phi) is 7.87. The SMILES string of the molecule is CC1=NC2N=CC(CNc3ccc(C(=O)NC(CCC(=O)C(C)C)C(=O)O)cc3)=NC2C(=O)N1. The van der Waals surface area contributed by atoms with Crippen molar-refractivity contribution in [3.05, 3.63) is 29.8 Å². The van der Waals surface area contributed by atoms with Gasteiger partial charge in [0.2, 0.25) is 0 Å². The Bertz CT molecular complexity index is 1060. The lowest BCUT2D eigenvalue weighted by Crippen LogP contribution is -2.49. The Morgan fingerprint density at radius 3 is 2.50 bits per heavy atom. The molecule has 0 radical (unpaired) electrons. The molecule has 0 aliphatic carbocycles. The number of aliphatic imine (C=N–C) groups is 3. The number of anilines is 1. The van der Waals surface area contributed by atoms with Crippen LogP contribution >= 0.6 is 0 Å². The molecule has 11 heteroatoms. The van der Waals surface area contributed by atoms with Crippen LogP contribution in [0.4, 0.5) is 5.69 Å². The molecule has 34 heavy (non-hydrogen) atoms. The summed E-state index contributed by atoms with van der Waals surface area (Å²) in [5.41, 5.74) is 1.58. The summed E-state index contributed by atoms with van der Waals surface area (Å²) in [5.74, 6) is -1.68. The van der Waals surface area contributed by atoms with Crippen LogP contribution < -0.4 is 16.0 Å². The van der Waals surface area contributed by atoms with E-state index in [2.05, 4.69) is 30.9 Å². The second-order valence-electron chi connectivity index (χ2n) is 8.42. The van der Waals surface area contributed by atoms with Gasteiger partial charge < -0.3 is 21.1 Å².